The van der Waals surface area contributed by atoms with Crippen molar-refractivity contribution in [1.29, 1.82) is 0 Å². The normalized spacial score (nSPS) is 11.0. The smallest absolute Gasteiger partial charge is 0.307 e. The Morgan fingerprint density at radius 1 is 1.62 bits per heavy atom. The number of allylic oxidation sites excluding steroid dienone is 1. The van der Waals surface area contributed by atoms with E-state index >= 15 is 0 Å². The summed E-state index contributed by atoms with van der Waals surface area (Å²) in [7, 11) is 0. The zero-order valence-corrected chi connectivity index (χ0v) is 4.97. The van der Waals surface area contributed by atoms with Gasteiger partial charge in [-0.2, -0.15) is 0 Å². The third-order valence-corrected chi connectivity index (χ3v) is 0.411. The average molecular weight is 115 g/mol. The minimum atomic E-state index is -0.352. The highest BCUT2D eigenvalue weighted by atomic mass is 16.5. The first-order valence-corrected chi connectivity index (χ1v) is 2.22. The molecule has 46 valence electrons. The van der Waals surface area contributed by atoms with E-state index in [0.717, 1.165) is 0 Å². The van der Waals surface area contributed by atoms with Crippen LogP contribution in [0.4, 0.5) is 0 Å². The molecule has 0 amide bonds. The fourth-order valence-electron chi connectivity index (χ4n) is 0.176. The molecule has 0 heterocycles. The third kappa shape index (κ3) is 5.01. The molecule has 0 saturated carbocycles. The predicted molar refractivity (Wildman–Crippen MR) is 29.7 cm³/mol. The number of esters is 1. The second-order valence-electron chi connectivity index (χ2n) is 1.47. The summed E-state index contributed by atoms with van der Waals surface area (Å²) >= 11 is 0. The fourth-order valence-corrected chi connectivity index (χ4v) is 0.176. The summed E-state index contributed by atoms with van der Waals surface area (Å²) in [6.45, 7) is 2.96. The summed E-state index contributed by atoms with van der Waals surface area (Å²) in [5.74, 6) is -0.352. The van der Waals surface area contributed by atoms with Crippen molar-refractivity contribution < 1.29 is 9.53 Å². The van der Waals surface area contributed by atoms with E-state index in [-0.39, 0.29) is 5.97 Å². The summed E-state index contributed by atoms with van der Waals surface area (Å²) in [6, 6.07) is 0. The van der Waals surface area contributed by atoms with Crippen LogP contribution in [0.25, 0.3) is 0 Å². The molecular formula is C5H9NO2. The van der Waals surface area contributed by atoms with Gasteiger partial charge in [-0.25, -0.2) is 0 Å². The number of carbonyl (C=O) groups excluding carboxylic acids is 1. The lowest BCUT2D eigenvalue weighted by Crippen LogP contribution is -1.96. The standard InChI is InChI=1S/C5H9NO2/c1-4(6)3-8-5(2)7/h3H,6H2,1-2H3/b4-3-. The molecule has 0 saturated heterocycles. The SMILES string of the molecule is CC(=O)O/C=C(/C)N. The molecule has 0 bridgehead atoms. The molecule has 2 N–H and O–H groups in total. The van der Waals surface area contributed by atoms with Crippen LogP contribution >= 0.6 is 0 Å². The molecule has 0 radical (unpaired) electrons. The second kappa shape index (κ2) is 3.07. The first-order chi connectivity index (χ1) is 3.63. The molecule has 0 atom stereocenters. The van der Waals surface area contributed by atoms with E-state index in [4.69, 9.17) is 5.73 Å². The number of hydrogen-bond acceptors (Lipinski definition) is 3. The predicted octanol–water partition coefficient (Wildman–Crippen LogP) is 0.370. The molecule has 0 aliphatic carbocycles. The fraction of sp³-hybridized carbons (Fsp3) is 0.400. The van der Waals surface area contributed by atoms with Gasteiger partial charge in [0.15, 0.2) is 0 Å². The molecule has 0 aliphatic rings. The van der Waals surface area contributed by atoms with Crippen LogP contribution in [-0.4, -0.2) is 5.97 Å². The molecule has 3 nitrogen and oxygen atoms in total. The van der Waals surface area contributed by atoms with Gasteiger partial charge < -0.3 is 10.5 Å². The zero-order chi connectivity index (χ0) is 6.57. The topological polar surface area (TPSA) is 52.3 Å². The van der Waals surface area contributed by atoms with Crippen molar-refractivity contribution in [3.8, 4) is 0 Å². The average Bonchev–Trinajstić information content (AvgIpc) is 1.61. The molecule has 0 aromatic heterocycles. The van der Waals surface area contributed by atoms with Gasteiger partial charge in [0.2, 0.25) is 0 Å². The van der Waals surface area contributed by atoms with Crippen molar-refractivity contribution in [1.82, 2.24) is 0 Å². The van der Waals surface area contributed by atoms with Crippen LogP contribution < -0.4 is 5.73 Å². The Morgan fingerprint density at radius 2 is 2.12 bits per heavy atom. The van der Waals surface area contributed by atoms with Gasteiger partial charge in [0, 0.05) is 12.6 Å². The Morgan fingerprint density at radius 3 is 2.25 bits per heavy atom. The van der Waals surface area contributed by atoms with Gasteiger partial charge in [-0.3, -0.25) is 4.79 Å². The van der Waals surface area contributed by atoms with Crippen molar-refractivity contribution in [2.45, 2.75) is 13.8 Å². The number of nitrogens with two attached hydrogens (primary N) is 1. The summed E-state index contributed by atoms with van der Waals surface area (Å²) in [4.78, 5) is 10.0. The maximum Gasteiger partial charge on any atom is 0.307 e. The minimum Gasteiger partial charge on any atom is -0.433 e. The van der Waals surface area contributed by atoms with Crippen molar-refractivity contribution in [2.24, 2.45) is 5.73 Å². The van der Waals surface area contributed by atoms with Crippen LogP contribution in [0.5, 0.6) is 0 Å². The van der Waals surface area contributed by atoms with Gasteiger partial charge >= 0.3 is 5.97 Å². The van der Waals surface area contributed by atoms with Crippen LogP contribution in [0.3, 0.4) is 0 Å². The number of carbonyl (C=O) groups is 1. The highest BCUT2D eigenvalue weighted by molar-refractivity contribution is 5.66. The first-order valence-electron chi connectivity index (χ1n) is 2.22. The van der Waals surface area contributed by atoms with Crippen LogP contribution in [0.15, 0.2) is 12.0 Å². The molecule has 0 rings (SSSR count). The number of ether oxygens (including phenoxy) is 1. The summed E-state index contributed by atoms with van der Waals surface area (Å²) in [5, 5.41) is 0. The Hall–Kier alpha value is -0.990. The van der Waals surface area contributed by atoms with Crippen LogP contribution in [-0.2, 0) is 9.53 Å². The zero-order valence-electron chi connectivity index (χ0n) is 4.97. The van der Waals surface area contributed by atoms with Crippen LogP contribution in [0.1, 0.15) is 13.8 Å². The first kappa shape index (κ1) is 7.01. The van der Waals surface area contributed by atoms with Crippen molar-refractivity contribution in [2.75, 3.05) is 0 Å². The maximum atomic E-state index is 10.0. The van der Waals surface area contributed by atoms with Gasteiger partial charge in [0.1, 0.15) is 6.26 Å². The summed E-state index contributed by atoms with van der Waals surface area (Å²) in [6.07, 6.45) is 1.21. The molecule has 8 heavy (non-hydrogen) atoms. The van der Waals surface area contributed by atoms with Crippen molar-refractivity contribution in [3.05, 3.63) is 12.0 Å². The van der Waals surface area contributed by atoms with Gasteiger partial charge in [-0.1, -0.05) is 0 Å². The van der Waals surface area contributed by atoms with E-state index in [1.165, 1.54) is 13.2 Å². The molecule has 0 aliphatic heterocycles. The quantitative estimate of drug-likeness (QED) is 0.396. The Labute approximate surface area is 48.1 Å². The molecular weight excluding hydrogens is 106 g/mol. The highest BCUT2D eigenvalue weighted by Gasteiger charge is 1.84. The molecule has 0 unspecified atom stereocenters. The lowest BCUT2D eigenvalue weighted by atomic mass is 10.6. The largest absolute Gasteiger partial charge is 0.433 e. The van der Waals surface area contributed by atoms with Gasteiger partial charge in [-0.15, -0.1) is 0 Å². The van der Waals surface area contributed by atoms with Gasteiger partial charge in [0.25, 0.3) is 0 Å². The maximum absolute atomic E-state index is 10.0. The Kier molecular flexibility index (Phi) is 2.69. The van der Waals surface area contributed by atoms with E-state index in [9.17, 15) is 4.79 Å². The molecule has 0 spiro atoms. The monoisotopic (exact) mass is 115 g/mol. The van der Waals surface area contributed by atoms with E-state index < -0.39 is 0 Å². The van der Waals surface area contributed by atoms with Gasteiger partial charge in [-0.05, 0) is 6.92 Å². The van der Waals surface area contributed by atoms with E-state index in [0.29, 0.717) is 5.70 Å². The third-order valence-electron chi connectivity index (χ3n) is 0.411. The molecule has 0 aromatic carbocycles. The Balaban J connectivity index is 3.45. The van der Waals surface area contributed by atoms with Crippen molar-refractivity contribution >= 4 is 5.97 Å². The minimum absolute atomic E-state index is 0.352. The lowest BCUT2D eigenvalue weighted by molar-refractivity contribution is -0.135. The molecule has 0 fully saturated rings. The summed E-state index contributed by atoms with van der Waals surface area (Å²) < 4.78 is 4.38. The van der Waals surface area contributed by atoms with E-state index in [2.05, 4.69) is 4.74 Å². The van der Waals surface area contributed by atoms with Crippen LogP contribution in [0, 0.1) is 0 Å². The summed E-state index contributed by atoms with van der Waals surface area (Å²) in [5.41, 5.74) is 5.61. The Bertz CT molecular complexity index is 114. The number of rotatable bonds is 1. The molecule has 3 heteroatoms. The van der Waals surface area contributed by atoms with Crippen molar-refractivity contribution in [3.63, 3.8) is 0 Å². The number of hydrogen-bond donors (Lipinski definition) is 1. The highest BCUT2D eigenvalue weighted by Crippen LogP contribution is 1.81. The second-order valence-corrected chi connectivity index (χ2v) is 1.47. The lowest BCUT2D eigenvalue weighted by Gasteiger charge is -1.90. The molecule has 0 aromatic rings. The van der Waals surface area contributed by atoms with Gasteiger partial charge in [0.05, 0.1) is 0 Å². The van der Waals surface area contributed by atoms with E-state index in [1.807, 2.05) is 0 Å². The van der Waals surface area contributed by atoms with Crippen LogP contribution in [0.2, 0.25) is 0 Å². The van der Waals surface area contributed by atoms with E-state index in [1.54, 1.807) is 6.92 Å².